The minimum absolute atomic E-state index is 0.946. The molecule has 0 aliphatic carbocycles. The molecule has 0 fully saturated rings. The molecular weight excluding hydrogens is 352 g/mol. The molecule has 0 bridgehead atoms. The van der Waals surface area contributed by atoms with Crippen LogP contribution in [0, 0.1) is 0 Å². The van der Waals surface area contributed by atoms with Gasteiger partial charge in [-0.15, -0.1) is 0 Å². The van der Waals surface area contributed by atoms with E-state index in [0.717, 1.165) is 11.5 Å². The van der Waals surface area contributed by atoms with Crippen molar-refractivity contribution in [2.45, 2.75) is 0 Å². The van der Waals surface area contributed by atoms with E-state index in [0.29, 0.717) is 0 Å². The maximum atomic E-state index is 6.35. The van der Waals surface area contributed by atoms with Crippen LogP contribution >= 0.6 is 0 Å². The van der Waals surface area contributed by atoms with Crippen molar-refractivity contribution in [1.82, 2.24) is 0 Å². The van der Waals surface area contributed by atoms with E-state index in [4.69, 9.17) is 4.74 Å². The first-order valence-electron chi connectivity index (χ1n) is 9.95. The van der Waals surface area contributed by atoms with Crippen molar-refractivity contribution in [3.8, 4) is 22.6 Å². The molecule has 0 spiro atoms. The molecule has 0 unspecified atom stereocenters. The van der Waals surface area contributed by atoms with E-state index >= 15 is 0 Å². The lowest BCUT2D eigenvalue weighted by molar-refractivity contribution is 0.493. The quantitative estimate of drug-likeness (QED) is 0.266. The van der Waals surface area contributed by atoms with Crippen molar-refractivity contribution in [2.75, 3.05) is 0 Å². The zero-order chi connectivity index (χ0) is 18.9. The van der Waals surface area contributed by atoms with E-state index in [2.05, 4.69) is 97.1 Å². The fourth-order valence-corrected chi connectivity index (χ4v) is 4.87. The molecule has 1 nitrogen and oxygen atoms in total. The van der Waals surface area contributed by atoms with Gasteiger partial charge in [0, 0.05) is 16.2 Å². The van der Waals surface area contributed by atoms with Crippen molar-refractivity contribution in [1.29, 1.82) is 0 Å². The SMILES string of the molecule is c1ccc2cc(-c3ccc4c5c3ccc3ccc6cccc(c6c35)O4)ccc2c1. The maximum Gasteiger partial charge on any atom is 0.135 e. The highest BCUT2D eigenvalue weighted by Gasteiger charge is 2.20. The van der Waals surface area contributed by atoms with E-state index in [-0.39, 0.29) is 0 Å². The molecule has 6 aromatic rings. The normalized spacial score (nSPS) is 12.4. The third-order valence-electron chi connectivity index (χ3n) is 6.21. The molecule has 1 heterocycles. The van der Waals surface area contributed by atoms with E-state index in [9.17, 15) is 0 Å². The van der Waals surface area contributed by atoms with Crippen molar-refractivity contribution in [2.24, 2.45) is 0 Å². The Hall–Kier alpha value is -3.84. The maximum absolute atomic E-state index is 6.35. The van der Waals surface area contributed by atoms with Crippen LogP contribution in [-0.2, 0) is 0 Å². The van der Waals surface area contributed by atoms with E-state index in [1.807, 2.05) is 0 Å². The Morgan fingerprint density at radius 1 is 0.448 bits per heavy atom. The molecule has 0 saturated carbocycles. The summed E-state index contributed by atoms with van der Waals surface area (Å²) in [6.45, 7) is 0. The Kier molecular flexibility index (Phi) is 2.80. The van der Waals surface area contributed by atoms with Crippen molar-refractivity contribution in [3.05, 3.63) is 97.1 Å². The number of fused-ring (bicyclic) bond motifs is 1. The second kappa shape index (κ2) is 5.36. The average molecular weight is 368 g/mol. The first-order valence-corrected chi connectivity index (χ1v) is 9.95. The van der Waals surface area contributed by atoms with Gasteiger partial charge in [0.1, 0.15) is 11.5 Å². The lowest BCUT2D eigenvalue weighted by Crippen LogP contribution is -1.96. The van der Waals surface area contributed by atoms with Crippen LogP contribution in [0.5, 0.6) is 11.5 Å². The van der Waals surface area contributed by atoms with Gasteiger partial charge in [-0.3, -0.25) is 0 Å². The standard InChI is InChI=1S/C28H16O/c1-2-5-20-16-21(11-8-17(20)4-1)22-14-15-25-28-23(22)13-12-19-10-9-18-6-3-7-24(29-25)26(18)27(19)28/h1-16H. The highest BCUT2D eigenvalue weighted by atomic mass is 16.5. The Balaban J connectivity index is 1.64. The molecule has 1 aliphatic heterocycles. The summed E-state index contributed by atoms with van der Waals surface area (Å²) in [5.41, 5.74) is 2.48. The van der Waals surface area contributed by atoms with Gasteiger partial charge in [-0.1, -0.05) is 78.9 Å². The Labute approximate surface area is 167 Å². The molecule has 0 atom stereocenters. The molecule has 1 aliphatic rings. The van der Waals surface area contributed by atoms with Crippen LogP contribution < -0.4 is 4.74 Å². The van der Waals surface area contributed by atoms with E-state index in [1.54, 1.807) is 0 Å². The van der Waals surface area contributed by atoms with Gasteiger partial charge >= 0.3 is 0 Å². The number of hydrogen-bond donors (Lipinski definition) is 0. The Bertz CT molecular complexity index is 1630. The van der Waals surface area contributed by atoms with Gasteiger partial charge in [-0.25, -0.2) is 0 Å². The lowest BCUT2D eigenvalue weighted by atomic mass is 9.89. The van der Waals surface area contributed by atoms with Crippen LogP contribution in [0.2, 0.25) is 0 Å². The van der Waals surface area contributed by atoms with Gasteiger partial charge in [0.05, 0.1) is 0 Å². The molecule has 0 aromatic heterocycles. The second-order valence-corrected chi connectivity index (χ2v) is 7.78. The van der Waals surface area contributed by atoms with Crippen LogP contribution in [0.4, 0.5) is 0 Å². The molecule has 7 rings (SSSR count). The highest BCUT2D eigenvalue weighted by Crippen LogP contribution is 2.48. The monoisotopic (exact) mass is 368 g/mol. The van der Waals surface area contributed by atoms with Crippen LogP contribution in [0.3, 0.4) is 0 Å². The number of benzene rings is 6. The van der Waals surface area contributed by atoms with Crippen LogP contribution in [0.1, 0.15) is 0 Å². The van der Waals surface area contributed by atoms with Gasteiger partial charge < -0.3 is 4.74 Å². The second-order valence-electron chi connectivity index (χ2n) is 7.78. The summed E-state index contributed by atoms with van der Waals surface area (Å²) in [4.78, 5) is 0. The van der Waals surface area contributed by atoms with Crippen molar-refractivity contribution in [3.63, 3.8) is 0 Å². The minimum Gasteiger partial charge on any atom is -0.456 e. The minimum atomic E-state index is 0.946. The fourth-order valence-electron chi connectivity index (χ4n) is 4.87. The first kappa shape index (κ1) is 15.1. The van der Waals surface area contributed by atoms with Gasteiger partial charge in [-0.05, 0) is 56.3 Å². The molecule has 0 N–H and O–H groups in total. The predicted octanol–water partition coefficient (Wildman–Crippen LogP) is 8.07. The summed E-state index contributed by atoms with van der Waals surface area (Å²) >= 11 is 0. The first-order chi connectivity index (χ1) is 14.4. The smallest absolute Gasteiger partial charge is 0.135 e. The summed E-state index contributed by atoms with van der Waals surface area (Å²) in [6, 6.07) is 34.8. The number of rotatable bonds is 1. The Morgan fingerprint density at radius 3 is 2.10 bits per heavy atom. The van der Waals surface area contributed by atoms with Crippen LogP contribution in [0.25, 0.3) is 54.2 Å². The summed E-state index contributed by atoms with van der Waals surface area (Å²) in [5.74, 6) is 1.90. The zero-order valence-electron chi connectivity index (χ0n) is 15.6. The number of hydrogen-bond acceptors (Lipinski definition) is 1. The molecule has 6 aromatic carbocycles. The average Bonchev–Trinajstić information content (AvgIpc) is 2.78. The largest absolute Gasteiger partial charge is 0.456 e. The molecule has 0 radical (unpaired) electrons. The zero-order valence-corrected chi connectivity index (χ0v) is 15.6. The molecule has 29 heavy (non-hydrogen) atoms. The van der Waals surface area contributed by atoms with Crippen LogP contribution in [0.15, 0.2) is 97.1 Å². The molecule has 134 valence electrons. The number of ether oxygens (including phenoxy) is 1. The van der Waals surface area contributed by atoms with Gasteiger partial charge in [0.15, 0.2) is 0 Å². The van der Waals surface area contributed by atoms with E-state index in [1.165, 1.54) is 54.2 Å². The Morgan fingerprint density at radius 2 is 1.17 bits per heavy atom. The van der Waals surface area contributed by atoms with Gasteiger partial charge in [0.25, 0.3) is 0 Å². The van der Waals surface area contributed by atoms with Crippen molar-refractivity contribution >= 4 is 43.1 Å². The molecular formula is C28H16O. The topological polar surface area (TPSA) is 9.23 Å². The highest BCUT2D eigenvalue weighted by molar-refractivity contribution is 6.26. The molecule has 1 heteroatoms. The van der Waals surface area contributed by atoms with Gasteiger partial charge in [0.2, 0.25) is 0 Å². The third-order valence-corrected chi connectivity index (χ3v) is 6.21. The van der Waals surface area contributed by atoms with E-state index < -0.39 is 0 Å². The summed E-state index contributed by atoms with van der Waals surface area (Å²) in [5, 5.41) is 10.0. The van der Waals surface area contributed by atoms with Crippen molar-refractivity contribution < 1.29 is 4.74 Å². The summed E-state index contributed by atoms with van der Waals surface area (Å²) in [6.07, 6.45) is 0. The van der Waals surface area contributed by atoms with Crippen LogP contribution in [-0.4, -0.2) is 0 Å². The molecule has 0 amide bonds. The summed E-state index contributed by atoms with van der Waals surface area (Å²) < 4.78 is 6.35. The fraction of sp³-hybridized carbons (Fsp3) is 0. The molecule has 0 saturated heterocycles. The third kappa shape index (κ3) is 1.99. The lowest BCUT2D eigenvalue weighted by Gasteiger charge is -2.21. The van der Waals surface area contributed by atoms with Gasteiger partial charge in [-0.2, -0.15) is 0 Å². The predicted molar refractivity (Wildman–Crippen MR) is 122 cm³/mol. The summed E-state index contributed by atoms with van der Waals surface area (Å²) in [7, 11) is 0.